The Hall–Kier alpha value is -2.26. The second kappa shape index (κ2) is 9.49. The Morgan fingerprint density at radius 2 is 2.00 bits per heavy atom. The number of rotatable bonds is 9. The lowest BCUT2D eigenvalue weighted by molar-refractivity contribution is 0.354. The maximum Gasteiger partial charge on any atom is 0.206 e. The van der Waals surface area contributed by atoms with Crippen LogP contribution in [0.5, 0.6) is 11.5 Å². The molecule has 0 unspecified atom stereocenters. The van der Waals surface area contributed by atoms with Crippen LogP contribution in [0.1, 0.15) is 35.4 Å². The van der Waals surface area contributed by atoms with E-state index in [9.17, 15) is 0 Å². The first-order valence-electron chi connectivity index (χ1n) is 9.64. The monoisotopic (exact) mass is 432 g/mol. The van der Waals surface area contributed by atoms with E-state index in [0.29, 0.717) is 0 Å². The van der Waals surface area contributed by atoms with Crippen molar-refractivity contribution in [1.82, 2.24) is 15.4 Å². The summed E-state index contributed by atoms with van der Waals surface area (Å²) >= 11 is 3.23. The molecule has 0 fully saturated rings. The second-order valence-electron chi connectivity index (χ2n) is 6.77. The van der Waals surface area contributed by atoms with E-state index in [4.69, 9.17) is 14.0 Å². The van der Waals surface area contributed by atoms with Gasteiger partial charge in [-0.25, -0.2) is 0 Å². The molecule has 0 spiro atoms. The topological polar surface area (TPSA) is 82.3 Å². The molecule has 4 rings (SSSR count). The number of ether oxygens (including phenoxy) is 2. The maximum atomic E-state index is 5.48. The van der Waals surface area contributed by atoms with Gasteiger partial charge in [-0.05, 0) is 43.4 Å². The predicted octanol–water partition coefficient (Wildman–Crippen LogP) is 4.37. The normalized spacial score (nSPS) is 13.2. The van der Waals surface area contributed by atoms with Gasteiger partial charge < -0.3 is 19.3 Å². The van der Waals surface area contributed by atoms with E-state index < -0.39 is 0 Å². The molecule has 0 atom stereocenters. The highest BCUT2D eigenvalue weighted by Gasteiger charge is 2.19. The third-order valence-corrected chi connectivity index (χ3v) is 6.93. The van der Waals surface area contributed by atoms with Crippen LogP contribution in [0.3, 0.4) is 0 Å². The molecular formula is C20H24N4O3S2. The summed E-state index contributed by atoms with van der Waals surface area (Å²) in [5.41, 5.74) is 3.54. The molecule has 0 radical (unpaired) electrons. The summed E-state index contributed by atoms with van der Waals surface area (Å²) in [6.07, 6.45) is 5.36. The summed E-state index contributed by atoms with van der Waals surface area (Å²) < 4.78 is 17.1. The van der Waals surface area contributed by atoms with Crippen molar-refractivity contribution >= 4 is 28.2 Å². The van der Waals surface area contributed by atoms with Crippen molar-refractivity contribution in [1.29, 1.82) is 0 Å². The lowest BCUT2D eigenvalue weighted by Crippen LogP contribution is -2.04. The van der Waals surface area contributed by atoms with Crippen LogP contribution in [0, 0.1) is 0 Å². The lowest BCUT2D eigenvalue weighted by Gasteiger charge is -2.09. The zero-order valence-corrected chi connectivity index (χ0v) is 18.2. The van der Waals surface area contributed by atoms with Crippen molar-refractivity contribution in [3.05, 3.63) is 40.8 Å². The Balaban J connectivity index is 1.27. The number of anilines is 1. The van der Waals surface area contributed by atoms with Crippen LogP contribution in [0.2, 0.25) is 0 Å². The Labute approximate surface area is 178 Å². The Morgan fingerprint density at radius 1 is 1.14 bits per heavy atom. The zero-order valence-electron chi connectivity index (χ0n) is 16.6. The number of aromatic nitrogens is 3. The average Bonchev–Trinajstić information content (AvgIpc) is 3.39. The Bertz CT molecular complexity index is 957. The number of nitrogens with one attached hydrogen (secondary N) is 1. The fourth-order valence-electron chi connectivity index (χ4n) is 3.38. The van der Waals surface area contributed by atoms with E-state index in [2.05, 4.69) is 20.7 Å². The van der Waals surface area contributed by atoms with Gasteiger partial charge in [0.2, 0.25) is 5.13 Å². The molecule has 0 saturated carbocycles. The smallest absolute Gasteiger partial charge is 0.206 e. The molecule has 1 aliphatic carbocycles. The molecule has 2 heterocycles. The van der Waals surface area contributed by atoms with Gasteiger partial charge in [-0.1, -0.05) is 34.3 Å². The Morgan fingerprint density at radius 3 is 2.86 bits per heavy atom. The number of aryl methyl sites for hydroxylation is 1. The molecule has 0 aliphatic heterocycles. The third kappa shape index (κ3) is 4.84. The maximum absolute atomic E-state index is 5.48. The molecule has 1 N–H and O–H groups in total. The highest BCUT2D eigenvalue weighted by atomic mass is 32.2. The third-order valence-electron chi connectivity index (χ3n) is 4.91. The SMILES string of the molecule is COc1ccc(CCNc2nnc(SCc3noc4c3CCCC4)s2)cc1OC. The fourth-order valence-corrected chi connectivity index (χ4v) is 5.12. The van der Waals surface area contributed by atoms with Crippen molar-refractivity contribution in [2.45, 2.75) is 42.2 Å². The van der Waals surface area contributed by atoms with E-state index in [1.165, 1.54) is 24.0 Å². The predicted molar refractivity (Wildman–Crippen MR) is 114 cm³/mol. The number of hydrogen-bond acceptors (Lipinski definition) is 9. The van der Waals surface area contributed by atoms with Crippen LogP contribution in [-0.4, -0.2) is 36.1 Å². The number of benzene rings is 1. The van der Waals surface area contributed by atoms with E-state index in [1.54, 1.807) is 37.3 Å². The second-order valence-corrected chi connectivity index (χ2v) is 8.97. The average molecular weight is 433 g/mol. The molecule has 154 valence electrons. The van der Waals surface area contributed by atoms with Crippen molar-refractivity contribution in [2.24, 2.45) is 0 Å². The first kappa shape index (κ1) is 20.0. The van der Waals surface area contributed by atoms with Crippen LogP contribution in [0.4, 0.5) is 5.13 Å². The van der Waals surface area contributed by atoms with Crippen molar-refractivity contribution < 1.29 is 14.0 Å². The zero-order chi connectivity index (χ0) is 20.1. The van der Waals surface area contributed by atoms with Gasteiger partial charge in [0.05, 0.1) is 19.9 Å². The van der Waals surface area contributed by atoms with Gasteiger partial charge in [0.1, 0.15) is 5.76 Å². The van der Waals surface area contributed by atoms with E-state index in [0.717, 1.165) is 64.0 Å². The van der Waals surface area contributed by atoms with Crippen molar-refractivity contribution in [3.8, 4) is 11.5 Å². The van der Waals surface area contributed by atoms with E-state index >= 15 is 0 Å². The van der Waals surface area contributed by atoms with Crippen LogP contribution >= 0.6 is 23.1 Å². The van der Waals surface area contributed by atoms with Gasteiger partial charge >= 0.3 is 0 Å². The minimum absolute atomic E-state index is 0.739. The van der Waals surface area contributed by atoms with Gasteiger partial charge in [0.15, 0.2) is 15.8 Å². The molecule has 1 aliphatic rings. The number of fused-ring (bicyclic) bond motifs is 1. The van der Waals surface area contributed by atoms with Crippen LogP contribution in [0.25, 0.3) is 0 Å². The van der Waals surface area contributed by atoms with Gasteiger partial charge in [0, 0.05) is 24.3 Å². The molecule has 0 saturated heterocycles. The van der Waals surface area contributed by atoms with Gasteiger partial charge in [-0.2, -0.15) is 0 Å². The van der Waals surface area contributed by atoms with Crippen molar-refractivity contribution in [3.63, 3.8) is 0 Å². The molecule has 0 amide bonds. The first-order valence-corrected chi connectivity index (χ1v) is 11.4. The van der Waals surface area contributed by atoms with Crippen LogP contribution in [0.15, 0.2) is 27.1 Å². The first-order chi connectivity index (χ1) is 14.3. The highest BCUT2D eigenvalue weighted by molar-refractivity contribution is 8.00. The molecule has 3 aromatic rings. The van der Waals surface area contributed by atoms with E-state index in [-0.39, 0.29) is 0 Å². The summed E-state index contributed by atoms with van der Waals surface area (Å²) in [5, 5.41) is 17.0. The molecule has 1 aromatic carbocycles. The van der Waals surface area contributed by atoms with Crippen LogP contribution in [-0.2, 0) is 25.0 Å². The molecule has 7 nitrogen and oxygen atoms in total. The summed E-state index contributed by atoms with van der Waals surface area (Å²) in [6.45, 7) is 0.769. The number of nitrogens with zero attached hydrogens (tertiary/aromatic N) is 3. The minimum Gasteiger partial charge on any atom is -0.493 e. The largest absolute Gasteiger partial charge is 0.493 e. The number of hydrogen-bond donors (Lipinski definition) is 1. The molecule has 29 heavy (non-hydrogen) atoms. The van der Waals surface area contributed by atoms with Gasteiger partial charge in [-0.3, -0.25) is 0 Å². The molecule has 9 heteroatoms. The minimum atomic E-state index is 0.739. The highest BCUT2D eigenvalue weighted by Crippen LogP contribution is 2.32. The van der Waals surface area contributed by atoms with Gasteiger partial charge in [0.25, 0.3) is 0 Å². The molecule has 0 bridgehead atoms. The summed E-state index contributed by atoms with van der Waals surface area (Å²) in [7, 11) is 3.29. The Kier molecular flexibility index (Phi) is 6.56. The fraction of sp³-hybridized carbons (Fsp3) is 0.450. The van der Waals surface area contributed by atoms with Crippen molar-refractivity contribution in [2.75, 3.05) is 26.1 Å². The van der Waals surface area contributed by atoms with Crippen LogP contribution < -0.4 is 14.8 Å². The standard InChI is InChI=1S/C20H24N4O3S2/c1-25-17-8-7-13(11-18(17)26-2)9-10-21-19-22-23-20(29-19)28-12-15-14-5-3-4-6-16(14)27-24-15/h7-8,11H,3-6,9-10,12H2,1-2H3,(H,21,22). The summed E-state index contributed by atoms with van der Waals surface area (Å²) in [4.78, 5) is 0. The number of methoxy groups -OCH3 is 2. The lowest BCUT2D eigenvalue weighted by atomic mass is 9.97. The summed E-state index contributed by atoms with van der Waals surface area (Å²) in [5.74, 6) is 3.33. The molecular weight excluding hydrogens is 408 g/mol. The molecule has 2 aromatic heterocycles. The quantitative estimate of drug-likeness (QED) is 0.499. The number of thioether (sulfide) groups is 1. The van der Waals surface area contributed by atoms with Gasteiger partial charge in [-0.15, -0.1) is 10.2 Å². The van der Waals surface area contributed by atoms with E-state index in [1.807, 2.05) is 18.2 Å². The summed E-state index contributed by atoms with van der Waals surface area (Å²) in [6, 6.07) is 5.97.